The molecule has 1 aliphatic carbocycles. The topological polar surface area (TPSA) is 40.5 Å². The minimum absolute atomic E-state index is 0.00194. The molecule has 2 aromatic carbocycles. The average molecular weight is 268 g/mol. The molecule has 0 radical (unpaired) electrons. The molecule has 3 rings (SSSR count). The summed E-state index contributed by atoms with van der Waals surface area (Å²) in [5.74, 6) is 0.742. The molecule has 0 spiro atoms. The van der Waals surface area contributed by atoms with Gasteiger partial charge in [-0.15, -0.1) is 0 Å². The van der Waals surface area contributed by atoms with Gasteiger partial charge in [0.25, 0.3) is 0 Å². The van der Waals surface area contributed by atoms with Crippen LogP contribution in [-0.4, -0.2) is 10.2 Å². The van der Waals surface area contributed by atoms with Crippen molar-refractivity contribution in [1.82, 2.24) is 0 Å². The molecule has 104 valence electrons. The normalized spacial score (nSPS) is 18.2. The number of benzene rings is 2. The third-order valence-electron chi connectivity index (χ3n) is 4.20. The first-order chi connectivity index (χ1) is 9.41. The first-order valence-electron chi connectivity index (χ1n) is 7.03. The molecule has 0 aliphatic heterocycles. The highest BCUT2D eigenvalue weighted by molar-refractivity contribution is 5.96. The Hall–Kier alpha value is -1.96. The fourth-order valence-electron chi connectivity index (χ4n) is 3.16. The van der Waals surface area contributed by atoms with Gasteiger partial charge in [0.1, 0.15) is 11.5 Å². The smallest absolute Gasteiger partial charge is 0.127 e. The number of phenolic OH excluding ortho intramolecular Hbond substituents is 2. The molecule has 0 fully saturated rings. The van der Waals surface area contributed by atoms with Gasteiger partial charge in [-0.3, -0.25) is 0 Å². The molecule has 20 heavy (non-hydrogen) atoms. The summed E-state index contributed by atoms with van der Waals surface area (Å²) < 4.78 is 0. The maximum atomic E-state index is 10.7. The second kappa shape index (κ2) is 4.27. The molecular weight excluding hydrogens is 248 g/mol. The van der Waals surface area contributed by atoms with Gasteiger partial charge in [0.2, 0.25) is 0 Å². The van der Waals surface area contributed by atoms with Gasteiger partial charge >= 0.3 is 0 Å². The molecule has 0 amide bonds. The van der Waals surface area contributed by atoms with Crippen LogP contribution in [0.1, 0.15) is 37.8 Å². The van der Waals surface area contributed by atoms with E-state index in [1.807, 2.05) is 24.3 Å². The van der Waals surface area contributed by atoms with Crippen LogP contribution in [-0.2, 0) is 6.42 Å². The number of fused-ring (bicyclic) bond motifs is 2. The summed E-state index contributed by atoms with van der Waals surface area (Å²) in [6.45, 7) is 6.47. The van der Waals surface area contributed by atoms with Gasteiger partial charge < -0.3 is 10.2 Å². The van der Waals surface area contributed by atoms with Gasteiger partial charge in [-0.2, -0.15) is 0 Å². The van der Waals surface area contributed by atoms with Crippen molar-refractivity contribution in [3.8, 4) is 11.5 Å². The van der Waals surface area contributed by atoms with Crippen molar-refractivity contribution in [3.05, 3.63) is 47.5 Å². The van der Waals surface area contributed by atoms with E-state index in [-0.39, 0.29) is 11.3 Å². The van der Waals surface area contributed by atoms with Gasteiger partial charge in [-0.1, -0.05) is 57.2 Å². The van der Waals surface area contributed by atoms with Crippen LogP contribution in [0.5, 0.6) is 11.5 Å². The van der Waals surface area contributed by atoms with E-state index in [2.05, 4.69) is 32.9 Å². The van der Waals surface area contributed by atoms with Crippen molar-refractivity contribution in [2.75, 3.05) is 0 Å². The number of hydrogen-bond acceptors (Lipinski definition) is 2. The number of aromatic hydroxyl groups is 2. The summed E-state index contributed by atoms with van der Waals surface area (Å²) in [5.41, 5.74) is 1.75. The molecule has 2 aromatic rings. The van der Waals surface area contributed by atoms with Crippen molar-refractivity contribution >= 4 is 10.8 Å². The van der Waals surface area contributed by atoms with Gasteiger partial charge in [0.15, 0.2) is 0 Å². The fraction of sp³-hybridized carbons (Fsp3) is 0.333. The summed E-state index contributed by atoms with van der Waals surface area (Å²) in [4.78, 5) is 0. The molecule has 2 nitrogen and oxygen atoms in total. The summed E-state index contributed by atoms with van der Waals surface area (Å²) in [7, 11) is 0. The Morgan fingerprint density at radius 2 is 1.60 bits per heavy atom. The van der Waals surface area contributed by atoms with E-state index >= 15 is 0 Å². The predicted octanol–water partition coefficient (Wildman–Crippen LogP) is 4.49. The van der Waals surface area contributed by atoms with Crippen LogP contribution in [0.2, 0.25) is 0 Å². The highest BCUT2D eigenvalue weighted by Crippen LogP contribution is 2.50. The Morgan fingerprint density at radius 3 is 2.20 bits per heavy atom. The Bertz CT molecular complexity index is 705. The Balaban J connectivity index is 2.39. The number of rotatable bonds is 0. The number of allylic oxidation sites excluding steroid dienone is 2. The quantitative estimate of drug-likeness (QED) is 0.546. The van der Waals surface area contributed by atoms with E-state index < -0.39 is 0 Å². The summed E-state index contributed by atoms with van der Waals surface area (Å²) in [5, 5.41) is 22.7. The third kappa shape index (κ3) is 1.79. The third-order valence-corrected chi connectivity index (χ3v) is 4.20. The van der Waals surface area contributed by atoms with Crippen LogP contribution < -0.4 is 0 Å². The van der Waals surface area contributed by atoms with Crippen molar-refractivity contribution in [2.45, 2.75) is 33.1 Å². The molecule has 1 aliphatic rings. The van der Waals surface area contributed by atoms with E-state index in [0.717, 1.165) is 21.9 Å². The average Bonchev–Trinajstić information content (AvgIpc) is 2.43. The van der Waals surface area contributed by atoms with Crippen molar-refractivity contribution in [2.24, 2.45) is 5.41 Å². The van der Waals surface area contributed by atoms with Crippen LogP contribution in [0.3, 0.4) is 0 Å². The van der Waals surface area contributed by atoms with Crippen molar-refractivity contribution < 1.29 is 10.2 Å². The molecule has 0 saturated heterocycles. The molecular formula is C18H20O2. The van der Waals surface area contributed by atoms with Crippen LogP contribution in [0.25, 0.3) is 10.8 Å². The highest BCUT2D eigenvalue weighted by atomic mass is 16.3. The van der Waals surface area contributed by atoms with E-state index in [1.54, 1.807) is 0 Å². The summed E-state index contributed by atoms with van der Waals surface area (Å²) >= 11 is 0. The molecule has 2 heteroatoms. The second-order valence-corrected chi connectivity index (χ2v) is 6.61. The zero-order valence-electron chi connectivity index (χ0n) is 12.1. The predicted molar refractivity (Wildman–Crippen MR) is 82.3 cm³/mol. The monoisotopic (exact) mass is 268 g/mol. The zero-order chi connectivity index (χ0) is 14.5. The molecule has 0 aromatic heterocycles. The highest BCUT2D eigenvalue weighted by Gasteiger charge is 2.32. The van der Waals surface area contributed by atoms with Crippen LogP contribution in [0.4, 0.5) is 0 Å². The minimum atomic E-state index is -0.00194. The number of hydrogen-bond donors (Lipinski definition) is 2. The van der Waals surface area contributed by atoms with E-state index in [4.69, 9.17) is 0 Å². The van der Waals surface area contributed by atoms with E-state index in [0.29, 0.717) is 17.9 Å². The number of phenols is 2. The van der Waals surface area contributed by atoms with Crippen molar-refractivity contribution in [3.63, 3.8) is 0 Å². The first kappa shape index (κ1) is 13.0. The molecule has 1 unspecified atom stereocenters. The van der Waals surface area contributed by atoms with E-state index in [9.17, 15) is 10.2 Å². The summed E-state index contributed by atoms with van der Waals surface area (Å²) in [6.07, 6.45) is 4.91. The lowest BCUT2D eigenvalue weighted by Gasteiger charge is -2.33. The molecule has 0 bridgehead atoms. The van der Waals surface area contributed by atoms with Crippen LogP contribution >= 0.6 is 0 Å². The maximum absolute atomic E-state index is 10.7. The Morgan fingerprint density at radius 1 is 1.00 bits per heavy atom. The SMILES string of the molecule is CC(C)(C)C1C=CCc2c1c(O)c1ccccc1c2O. The van der Waals surface area contributed by atoms with E-state index in [1.165, 1.54) is 0 Å². The van der Waals surface area contributed by atoms with Gasteiger partial charge in [-0.05, 0) is 11.8 Å². The molecule has 2 N–H and O–H groups in total. The lowest BCUT2D eigenvalue weighted by Crippen LogP contribution is -2.20. The van der Waals surface area contributed by atoms with Crippen LogP contribution in [0, 0.1) is 5.41 Å². The fourth-order valence-corrected chi connectivity index (χ4v) is 3.16. The van der Waals surface area contributed by atoms with Gasteiger partial charge in [-0.25, -0.2) is 0 Å². The zero-order valence-corrected chi connectivity index (χ0v) is 12.1. The molecule has 0 saturated carbocycles. The minimum Gasteiger partial charge on any atom is -0.507 e. The second-order valence-electron chi connectivity index (χ2n) is 6.61. The standard InChI is InChI=1S/C18H20O2/c1-18(2,3)14-10-6-9-13-15(14)17(20)12-8-5-4-7-11(12)16(13)19/h4-8,10,14,19-20H,9H2,1-3H3. The Kier molecular flexibility index (Phi) is 2.79. The van der Waals surface area contributed by atoms with Gasteiger partial charge in [0.05, 0.1) is 0 Å². The van der Waals surface area contributed by atoms with Gasteiger partial charge in [0, 0.05) is 27.8 Å². The largest absolute Gasteiger partial charge is 0.507 e. The molecule has 0 heterocycles. The summed E-state index contributed by atoms with van der Waals surface area (Å²) in [6, 6.07) is 7.49. The van der Waals surface area contributed by atoms with Crippen LogP contribution in [0.15, 0.2) is 36.4 Å². The molecule has 1 atom stereocenters. The van der Waals surface area contributed by atoms with Crippen molar-refractivity contribution in [1.29, 1.82) is 0 Å². The lowest BCUT2D eigenvalue weighted by molar-refractivity contribution is 0.349. The first-order valence-corrected chi connectivity index (χ1v) is 7.03. The lowest BCUT2D eigenvalue weighted by atomic mass is 9.71. The Labute approximate surface area is 119 Å². The maximum Gasteiger partial charge on any atom is 0.127 e.